The fraction of sp³-hybridized carbons (Fsp3) is 0.417. The number of nitrogens with one attached hydrogen (secondary N) is 1. The Morgan fingerprint density at radius 3 is 3.06 bits per heavy atom. The molecule has 1 aromatic carbocycles. The minimum Gasteiger partial charge on any atom is -0.468 e. The van der Waals surface area contributed by atoms with Crippen LogP contribution in [-0.2, 0) is 9.53 Å². The number of thiol groups is 1. The Morgan fingerprint density at radius 2 is 2.38 bits per heavy atom. The zero-order chi connectivity index (χ0) is 11.5. The first-order valence-corrected chi connectivity index (χ1v) is 5.77. The minimum absolute atomic E-state index is 0.188. The third-order valence-electron chi connectivity index (χ3n) is 2.98. The summed E-state index contributed by atoms with van der Waals surface area (Å²) in [4.78, 5) is 12.5. The Morgan fingerprint density at radius 1 is 1.56 bits per heavy atom. The molecule has 0 aliphatic carbocycles. The van der Waals surface area contributed by atoms with Gasteiger partial charge in [0.1, 0.15) is 6.04 Å². The zero-order valence-corrected chi connectivity index (χ0v) is 10.0. The SMILES string of the molecule is COC(=O)[C@H]1NCC[C@@H]1c1cccc(S)c1. The summed E-state index contributed by atoms with van der Waals surface area (Å²) in [6.07, 6.45) is 0.955. The fourth-order valence-corrected chi connectivity index (χ4v) is 2.43. The van der Waals surface area contributed by atoms with Gasteiger partial charge in [-0.25, -0.2) is 0 Å². The lowest BCUT2D eigenvalue weighted by Gasteiger charge is -2.17. The summed E-state index contributed by atoms with van der Waals surface area (Å²) in [6.45, 7) is 0.848. The molecule has 4 heteroatoms. The normalized spacial score (nSPS) is 24.4. The summed E-state index contributed by atoms with van der Waals surface area (Å²) in [5.41, 5.74) is 1.15. The van der Waals surface area contributed by atoms with Gasteiger partial charge in [0.05, 0.1) is 7.11 Å². The van der Waals surface area contributed by atoms with Gasteiger partial charge in [0, 0.05) is 10.8 Å². The van der Waals surface area contributed by atoms with Gasteiger partial charge in [-0.2, -0.15) is 0 Å². The Balaban J connectivity index is 2.23. The Kier molecular flexibility index (Phi) is 3.51. The van der Waals surface area contributed by atoms with Crippen LogP contribution in [0.5, 0.6) is 0 Å². The van der Waals surface area contributed by atoms with Gasteiger partial charge < -0.3 is 10.1 Å². The largest absolute Gasteiger partial charge is 0.468 e. The van der Waals surface area contributed by atoms with E-state index in [2.05, 4.69) is 17.9 Å². The highest BCUT2D eigenvalue weighted by atomic mass is 32.1. The predicted octanol–water partition coefficient (Wildman–Crippen LogP) is 1.59. The molecule has 2 atom stereocenters. The van der Waals surface area contributed by atoms with Gasteiger partial charge in [0.15, 0.2) is 0 Å². The molecule has 1 N–H and O–H groups in total. The highest BCUT2D eigenvalue weighted by molar-refractivity contribution is 7.80. The summed E-state index contributed by atoms with van der Waals surface area (Å²) in [5.74, 6) is 0.00613. The van der Waals surface area contributed by atoms with Crippen LogP contribution in [0.1, 0.15) is 17.9 Å². The van der Waals surface area contributed by atoms with Gasteiger partial charge in [-0.3, -0.25) is 4.79 Å². The molecule has 3 nitrogen and oxygen atoms in total. The minimum atomic E-state index is -0.222. The average molecular weight is 237 g/mol. The number of benzene rings is 1. The summed E-state index contributed by atoms with van der Waals surface area (Å²) in [6, 6.07) is 7.72. The van der Waals surface area contributed by atoms with E-state index in [1.54, 1.807) is 0 Å². The molecule has 1 saturated heterocycles. The van der Waals surface area contributed by atoms with Gasteiger partial charge in [0.2, 0.25) is 0 Å². The number of esters is 1. The van der Waals surface area contributed by atoms with Crippen molar-refractivity contribution >= 4 is 18.6 Å². The molecule has 0 unspecified atom stereocenters. The topological polar surface area (TPSA) is 38.3 Å². The van der Waals surface area contributed by atoms with E-state index in [0.717, 1.165) is 23.4 Å². The van der Waals surface area contributed by atoms with E-state index in [4.69, 9.17) is 4.74 Å². The van der Waals surface area contributed by atoms with E-state index >= 15 is 0 Å². The van der Waals surface area contributed by atoms with E-state index in [9.17, 15) is 4.79 Å². The number of carbonyl (C=O) groups excluding carboxylic acids is 1. The summed E-state index contributed by atoms with van der Waals surface area (Å²) in [7, 11) is 1.43. The second-order valence-corrected chi connectivity index (χ2v) is 4.46. The number of hydrogen-bond donors (Lipinski definition) is 2. The van der Waals surface area contributed by atoms with Crippen LogP contribution < -0.4 is 5.32 Å². The van der Waals surface area contributed by atoms with Crippen LogP contribution in [0, 0.1) is 0 Å². The molecule has 2 rings (SSSR count). The molecule has 16 heavy (non-hydrogen) atoms. The Bertz CT molecular complexity index is 394. The molecule has 1 heterocycles. The van der Waals surface area contributed by atoms with Crippen LogP contribution in [0.4, 0.5) is 0 Å². The van der Waals surface area contributed by atoms with Crippen molar-refractivity contribution in [3.05, 3.63) is 29.8 Å². The lowest BCUT2D eigenvalue weighted by Crippen LogP contribution is -2.35. The zero-order valence-electron chi connectivity index (χ0n) is 9.14. The van der Waals surface area contributed by atoms with E-state index in [1.807, 2.05) is 24.3 Å². The van der Waals surface area contributed by atoms with Crippen molar-refractivity contribution in [2.75, 3.05) is 13.7 Å². The van der Waals surface area contributed by atoms with Crippen LogP contribution in [0.15, 0.2) is 29.2 Å². The number of rotatable bonds is 2. The maximum Gasteiger partial charge on any atom is 0.323 e. The Labute approximate surface area is 101 Å². The number of hydrogen-bond acceptors (Lipinski definition) is 4. The molecule has 0 aromatic heterocycles. The number of methoxy groups -OCH3 is 1. The summed E-state index contributed by atoms with van der Waals surface area (Å²) in [5, 5.41) is 3.18. The van der Waals surface area contributed by atoms with Gasteiger partial charge >= 0.3 is 5.97 Å². The van der Waals surface area contributed by atoms with Crippen molar-refractivity contribution in [3.63, 3.8) is 0 Å². The van der Waals surface area contributed by atoms with Crippen molar-refractivity contribution < 1.29 is 9.53 Å². The van der Waals surface area contributed by atoms with Crippen molar-refractivity contribution in [2.24, 2.45) is 0 Å². The molecule has 1 aliphatic heterocycles. The third-order valence-corrected chi connectivity index (χ3v) is 3.25. The molecule has 1 aromatic rings. The molecule has 1 aliphatic rings. The number of carbonyl (C=O) groups is 1. The quantitative estimate of drug-likeness (QED) is 0.606. The lowest BCUT2D eigenvalue weighted by molar-refractivity contribution is -0.143. The first-order valence-electron chi connectivity index (χ1n) is 5.32. The van der Waals surface area contributed by atoms with E-state index in [0.29, 0.717) is 0 Å². The monoisotopic (exact) mass is 237 g/mol. The van der Waals surface area contributed by atoms with Gasteiger partial charge in [0.25, 0.3) is 0 Å². The molecular weight excluding hydrogens is 222 g/mol. The molecular formula is C12H15NO2S. The molecule has 0 spiro atoms. The Hall–Kier alpha value is -1.00. The average Bonchev–Trinajstić information content (AvgIpc) is 2.77. The second kappa shape index (κ2) is 4.89. The molecule has 0 amide bonds. The van der Waals surface area contributed by atoms with Crippen molar-refractivity contribution in [3.8, 4) is 0 Å². The second-order valence-electron chi connectivity index (χ2n) is 3.95. The van der Waals surface area contributed by atoms with Gasteiger partial charge in [-0.05, 0) is 30.7 Å². The molecule has 86 valence electrons. The van der Waals surface area contributed by atoms with Crippen LogP contribution in [0.2, 0.25) is 0 Å². The fourth-order valence-electron chi connectivity index (χ4n) is 2.19. The predicted molar refractivity (Wildman–Crippen MR) is 64.9 cm³/mol. The van der Waals surface area contributed by atoms with E-state index in [1.165, 1.54) is 7.11 Å². The smallest absolute Gasteiger partial charge is 0.323 e. The van der Waals surface area contributed by atoms with E-state index in [-0.39, 0.29) is 17.9 Å². The van der Waals surface area contributed by atoms with Crippen molar-refractivity contribution in [2.45, 2.75) is 23.3 Å². The van der Waals surface area contributed by atoms with Gasteiger partial charge in [-0.15, -0.1) is 12.6 Å². The van der Waals surface area contributed by atoms with Gasteiger partial charge in [-0.1, -0.05) is 12.1 Å². The standard InChI is InChI=1S/C12H15NO2S/c1-15-12(14)11-10(5-6-13-11)8-3-2-4-9(16)7-8/h2-4,7,10-11,13,16H,5-6H2,1H3/t10-,11+/m1/s1. The first-order chi connectivity index (χ1) is 7.72. The molecule has 0 saturated carbocycles. The lowest BCUT2D eigenvalue weighted by atomic mass is 9.92. The maximum absolute atomic E-state index is 11.6. The number of ether oxygens (including phenoxy) is 1. The van der Waals surface area contributed by atoms with Crippen LogP contribution >= 0.6 is 12.6 Å². The molecule has 1 fully saturated rings. The maximum atomic E-state index is 11.6. The first kappa shape index (κ1) is 11.5. The molecule has 0 bridgehead atoms. The highest BCUT2D eigenvalue weighted by Gasteiger charge is 2.34. The van der Waals surface area contributed by atoms with Crippen molar-refractivity contribution in [1.29, 1.82) is 0 Å². The van der Waals surface area contributed by atoms with Crippen LogP contribution in [-0.4, -0.2) is 25.7 Å². The van der Waals surface area contributed by atoms with E-state index < -0.39 is 0 Å². The van der Waals surface area contributed by atoms with Crippen LogP contribution in [0.3, 0.4) is 0 Å². The summed E-state index contributed by atoms with van der Waals surface area (Å²) < 4.78 is 4.80. The van der Waals surface area contributed by atoms with Crippen LogP contribution in [0.25, 0.3) is 0 Å². The highest BCUT2D eigenvalue weighted by Crippen LogP contribution is 2.29. The summed E-state index contributed by atoms with van der Waals surface area (Å²) >= 11 is 4.31. The third kappa shape index (κ3) is 2.23. The molecule has 0 radical (unpaired) electrons. The van der Waals surface area contributed by atoms with Crippen molar-refractivity contribution in [1.82, 2.24) is 5.32 Å².